The minimum Gasteiger partial charge on any atom is -0.349 e. The summed E-state index contributed by atoms with van der Waals surface area (Å²) in [6, 6.07) is 6.84. The molecule has 10 heteroatoms. The summed E-state index contributed by atoms with van der Waals surface area (Å²) in [5.41, 5.74) is 2.16. The quantitative estimate of drug-likeness (QED) is 0.708. The first-order valence-electron chi connectivity index (χ1n) is 8.41. The Bertz CT molecular complexity index is 1050. The van der Waals surface area contributed by atoms with Crippen LogP contribution in [0.15, 0.2) is 24.3 Å². The molecule has 3 rings (SSSR count). The minimum absolute atomic E-state index is 0.0489. The molecule has 1 aromatic carbocycles. The Labute approximate surface area is 163 Å². The fourth-order valence-electron chi connectivity index (χ4n) is 2.90. The predicted molar refractivity (Wildman–Crippen MR) is 97.0 cm³/mol. The van der Waals surface area contributed by atoms with Crippen molar-refractivity contribution in [2.75, 3.05) is 0 Å². The highest BCUT2D eigenvalue weighted by Gasteiger charge is 2.37. The van der Waals surface area contributed by atoms with Crippen molar-refractivity contribution in [1.29, 1.82) is 0 Å². The number of amides is 1. The van der Waals surface area contributed by atoms with Gasteiger partial charge in [0.2, 0.25) is 5.91 Å². The molecule has 0 aliphatic rings. The molecule has 3 aromatic rings. The molecule has 0 fully saturated rings. The molecular formula is C18H17ClF3N5O. The van der Waals surface area contributed by atoms with E-state index in [2.05, 4.69) is 20.4 Å². The summed E-state index contributed by atoms with van der Waals surface area (Å²) in [6.07, 6.45) is -4.72. The van der Waals surface area contributed by atoms with Crippen LogP contribution in [0, 0.1) is 13.8 Å². The van der Waals surface area contributed by atoms with Gasteiger partial charge in [-0.2, -0.15) is 18.2 Å². The van der Waals surface area contributed by atoms with E-state index in [1.807, 2.05) is 13.0 Å². The summed E-state index contributed by atoms with van der Waals surface area (Å²) in [6.45, 7) is 5.02. The van der Waals surface area contributed by atoms with Gasteiger partial charge in [0.05, 0.1) is 12.5 Å². The van der Waals surface area contributed by atoms with Gasteiger partial charge in [-0.25, -0.2) is 9.50 Å². The van der Waals surface area contributed by atoms with Gasteiger partial charge in [0, 0.05) is 22.0 Å². The molecule has 148 valence electrons. The number of nitrogens with one attached hydrogen (secondary N) is 1. The summed E-state index contributed by atoms with van der Waals surface area (Å²) in [5, 5.41) is 6.90. The average Bonchev–Trinajstić information content (AvgIpc) is 3.03. The van der Waals surface area contributed by atoms with E-state index in [4.69, 9.17) is 11.6 Å². The smallest absolute Gasteiger partial charge is 0.349 e. The van der Waals surface area contributed by atoms with Crippen molar-refractivity contribution in [2.24, 2.45) is 0 Å². The first kappa shape index (κ1) is 20.1. The van der Waals surface area contributed by atoms with E-state index < -0.39 is 12.0 Å². The van der Waals surface area contributed by atoms with Crippen molar-refractivity contribution in [1.82, 2.24) is 24.9 Å². The number of aryl methyl sites for hydroxylation is 2. The molecule has 0 saturated carbocycles. The molecule has 0 aliphatic heterocycles. The molecule has 0 bridgehead atoms. The number of halogens is 4. The van der Waals surface area contributed by atoms with Crippen molar-refractivity contribution in [3.63, 3.8) is 0 Å². The van der Waals surface area contributed by atoms with Crippen LogP contribution in [0.4, 0.5) is 13.2 Å². The van der Waals surface area contributed by atoms with Crippen LogP contribution in [-0.4, -0.2) is 25.5 Å². The Morgan fingerprint density at radius 1 is 1.29 bits per heavy atom. The molecule has 0 aliphatic carbocycles. The summed E-state index contributed by atoms with van der Waals surface area (Å²) in [7, 11) is 0. The number of carbonyl (C=O) groups excluding carboxylic acids is 1. The zero-order valence-electron chi connectivity index (χ0n) is 15.3. The van der Waals surface area contributed by atoms with Crippen LogP contribution >= 0.6 is 11.6 Å². The molecule has 1 atom stereocenters. The third-order valence-electron chi connectivity index (χ3n) is 4.37. The molecule has 6 nitrogen and oxygen atoms in total. The highest BCUT2D eigenvalue weighted by Crippen LogP contribution is 2.27. The normalized spacial score (nSPS) is 13.0. The topological polar surface area (TPSA) is 72.2 Å². The predicted octanol–water partition coefficient (Wildman–Crippen LogP) is 3.83. The van der Waals surface area contributed by atoms with Crippen LogP contribution in [0.25, 0.3) is 5.78 Å². The maximum absolute atomic E-state index is 12.9. The lowest BCUT2D eigenvalue weighted by atomic mass is 10.1. The van der Waals surface area contributed by atoms with Crippen molar-refractivity contribution in [3.8, 4) is 0 Å². The van der Waals surface area contributed by atoms with Crippen LogP contribution < -0.4 is 5.32 Å². The van der Waals surface area contributed by atoms with Crippen molar-refractivity contribution < 1.29 is 18.0 Å². The number of alkyl halides is 3. The highest BCUT2D eigenvalue weighted by molar-refractivity contribution is 6.30. The number of fused-ring (bicyclic) bond motifs is 1. The molecule has 2 heterocycles. The van der Waals surface area contributed by atoms with Gasteiger partial charge in [0.1, 0.15) is 0 Å². The second-order valence-corrected chi connectivity index (χ2v) is 6.86. The summed E-state index contributed by atoms with van der Waals surface area (Å²) >= 11 is 5.97. The molecule has 0 radical (unpaired) electrons. The van der Waals surface area contributed by atoms with Crippen molar-refractivity contribution in [3.05, 3.63) is 57.6 Å². The average molecular weight is 412 g/mol. The van der Waals surface area contributed by atoms with Gasteiger partial charge < -0.3 is 5.32 Å². The van der Waals surface area contributed by atoms with Gasteiger partial charge in [-0.3, -0.25) is 4.79 Å². The highest BCUT2D eigenvalue weighted by atomic mass is 35.5. The van der Waals surface area contributed by atoms with Gasteiger partial charge in [0.15, 0.2) is 0 Å². The molecule has 1 unspecified atom stereocenters. The van der Waals surface area contributed by atoms with E-state index in [9.17, 15) is 18.0 Å². The van der Waals surface area contributed by atoms with E-state index in [0.29, 0.717) is 22.0 Å². The first-order valence-corrected chi connectivity index (χ1v) is 8.79. The monoisotopic (exact) mass is 411 g/mol. The van der Waals surface area contributed by atoms with Gasteiger partial charge in [0.25, 0.3) is 11.6 Å². The largest absolute Gasteiger partial charge is 0.453 e. The Morgan fingerprint density at radius 3 is 2.64 bits per heavy atom. The minimum atomic E-state index is -4.67. The van der Waals surface area contributed by atoms with Gasteiger partial charge >= 0.3 is 6.18 Å². The third kappa shape index (κ3) is 4.09. The molecule has 28 heavy (non-hydrogen) atoms. The maximum Gasteiger partial charge on any atom is 0.453 e. The van der Waals surface area contributed by atoms with Crippen LogP contribution in [0.5, 0.6) is 0 Å². The Morgan fingerprint density at radius 2 is 2.00 bits per heavy atom. The van der Waals surface area contributed by atoms with Crippen molar-refractivity contribution in [2.45, 2.75) is 39.4 Å². The Balaban J connectivity index is 1.84. The van der Waals surface area contributed by atoms with Gasteiger partial charge in [-0.15, -0.1) is 5.10 Å². The number of hydrogen-bond donors (Lipinski definition) is 1. The number of rotatable bonds is 4. The number of aromatic nitrogens is 4. The second kappa shape index (κ2) is 7.38. The zero-order valence-corrected chi connectivity index (χ0v) is 16.1. The fraction of sp³-hybridized carbons (Fsp3) is 0.333. The maximum atomic E-state index is 12.9. The third-order valence-corrected chi connectivity index (χ3v) is 4.60. The van der Waals surface area contributed by atoms with Crippen LogP contribution in [0.2, 0.25) is 5.02 Å². The standard InChI is InChI=1S/C18H17ClF3N5O/c1-9(12-5-4-6-13(19)7-12)23-15(28)8-14-10(2)24-17-25-16(18(20,21)22)26-27(17)11(14)3/h4-7,9H,8H2,1-3H3,(H,23,28). The lowest BCUT2D eigenvalue weighted by Gasteiger charge is -2.16. The van der Waals surface area contributed by atoms with E-state index >= 15 is 0 Å². The number of benzene rings is 1. The Kier molecular flexibility index (Phi) is 5.29. The van der Waals surface area contributed by atoms with Crippen LogP contribution in [-0.2, 0) is 17.4 Å². The molecule has 1 N–H and O–H groups in total. The fourth-order valence-corrected chi connectivity index (χ4v) is 3.10. The molecule has 0 spiro atoms. The lowest BCUT2D eigenvalue weighted by Crippen LogP contribution is -2.29. The number of hydrogen-bond acceptors (Lipinski definition) is 4. The summed E-state index contributed by atoms with van der Waals surface area (Å²) in [4.78, 5) is 20.0. The SMILES string of the molecule is Cc1nc2nc(C(F)(F)F)nn2c(C)c1CC(=O)NC(C)c1cccc(Cl)c1. The number of nitrogens with zero attached hydrogens (tertiary/aromatic N) is 4. The van der Waals surface area contributed by atoms with E-state index in [1.165, 1.54) is 0 Å². The molecule has 0 saturated heterocycles. The van der Waals surface area contributed by atoms with Crippen LogP contribution in [0.1, 0.15) is 41.3 Å². The zero-order chi connectivity index (χ0) is 20.6. The number of carbonyl (C=O) groups is 1. The van der Waals surface area contributed by atoms with Gasteiger partial charge in [-0.05, 0) is 38.5 Å². The molecule has 1 amide bonds. The lowest BCUT2D eigenvalue weighted by molar-refractivity contribution is -0.144. The van der Waals surface area contributed by atoms with Crippen molar-refractivity contribution >= 4 is 23.3 Å². The van der Waals surface area contributed by atoms with E-state index in [-0.39, 0.29) is 24.1 Å². The van der Waals surface area contributed by atoms with Crippen LogP contribution in [0.3, 0.4) is 0 Å². The second-order valence-electron chi connectivity index (χ2n) is 6.43. The van der Waals surface area contributed by atoms with Gasteiger partial charge in [-0.1, -0.05) is 23.7 Å². The molecule has 2 aromatic heterocycles. The van der Waals surface area contributed by atoms with E-state index in [1.54, 1.807) is 32.0 Å². The summed E-state index contributed by atoms with van der Waals surface area (Å²) in [5.74, 6) is -1.71. The Hall–Kier alpha value is -2.68. The van der Waals surface area contributed by atoms with E-state index in [0.717, 1.165) is 10.1 Å². The molecular weight excluding hydrogens is 395 g/mol. The summed E-state index contributed by atoms with van der Waals surface area (Å²) < 4.78 is 39.6. The first-order chi connectivity index (χ1) is 13.1.